The van der Waals surface area contributed by atoms with E-state index in [2.05, 4.69) is 25.5 Å². The maximum atomic E-state index is 13.6. The zero-order valence-electron chi connectivity index (χ0n) is 16.9. The quantitative estimate of drug-likeness (QED) is 0.250. The Morgan fingerprint density at radius 3 is 2.74 bits per heavy atom. The van der Waals surface area contributed by atoms with Crippen LogP contribution in [0.4, 0.5) is 10.2 Å². The zero-order valence-corrected chi connectivity index (χ0v) is 17.7. The lowest BCUT2D eigenvalue weighted by molar-refractivity contribution is 0.303. The van der Waals surface area contributed by atoms with Crippen LogP contribution in [-0.2, 0) is 16.6 Å². The van der Waals surface area contributed by atoms with Crippen molar-refractivity contribution in [2.45, 2.75) is 38.1 Å². The molecule has 1 fully saturated rings. The van der Waals surface area contributed by atoms with Crippen LogP contribution in [0.2, 0.25) is 0 Å². The van der Waals surface area contributed by atoms with Gasteiger partial charge in [0.05, 0.1) is 7.11 Å². The first-order valence-corrected chi connectivity index (χ1v) is 11.2. The highest BCUT2D eigenvalue weighted by atomic mass is 32.2. The Morgan fingerprint density at radius 2 is 2.10 bits per heavy atom. The smallest absolute Gasteiger partial charge is 0.274 e. The average Bonchev–Trinajstić information content (AvgIpc) is 3.20. The predicted octanol–water partition coefficient (Wildman–Crippen LogP) is 1.40. The molecule has 0 unspecified atom stereocenters. The number of ether oxygens (including phenoxy) is 1. The first-order chi connectivity index (χ1) is 14.8. The van der Waals surface area contributed by atoms with E-state index in [1.54, 1.807) is 6.07 Å². The Balaban J connectivity index is 1.61. The minimum absolute atomic E-state index is 0.0715. The van der Waals surface area contributed by atoms with E-state index in [0.717, 1.165) is 25.7 Å². The van der Waals surface area contributed by atoms with Gasteiger partial charge in [-0.3, -0.25) is 0 Å². The third-order valence-electron chi connectivity index (χ3n) is 5.23. The molecule has 0 amide bonds. The van der Waals surface area contributed by atoms with E-state index in [0.29, 0.717) is 17.9 Å². The molecule has 0 bridgehead atoms. The van der Waals surface area contributed by atoms with Gasteiger partial charge in [0.1, 0.15) is 5.71 Å². The average molecular weight is 457 g/mol. The van der Waals surface area contributed by atoms with Gasteiger partial charge in [0.2, 0.25) is 5.82 Å². The van der Waals surface area contributed by atoms with Crippen molar-refractivity contribution in [1.29, 1.82) is 0 Å². The van der Waals surface area contributed by atoms with Crippen molar-refractivity contribution in [1.82, 2.24) is 15.0 Å². The third kappa shape index (κ3) is 6.35. The minimum atomic E-state index is -3.69. The first kappa shape index (κ1) is 22.9. The summed E-state index contributed by atoms with van der Waals surface area (Å²) in [4.78, 5) is 0. The molecule has 1 aromatic heterocycles. The van der Waals surface area contributed by atoms with Gasteiger partial charge in [0, 0.05) is 19.0 Å². The van der Waals surface area contributed by atoms with Gasteiger partial charge in [-0.15, -0.1) is 0 Å². The molecule has 5 N–H and O–H groups in total. The number of hydrogen-bond acceptors (Lipinski definition) is 9. The Hall–Kier alpha value is -2.77. The minimum Gasteiger partial charge on any atom is -0.494 e. The van der Waals surface area contributed by atoms with Gasteiger partial charge in [-0.1, -0.05) is 11.2 Å². The van der Waals surface area contributed by atoms with Gasteiger partial charge in [0.25, 0.3) is 10.2 Å². The van der Waals surface area contributed by atoms with Crippen LogP contribution in [0.3, 0.4) is 0 Å². The lowest BCUT2D eigenvalue weighted by atomic mass is 9.86. The third-order valence-corrected chi connectivity index (χ3v) is 5.80. The SMILES string of the molecule is COc1cc(CC(=NO)c2nonc2NC2CCC(CNS(N)(=O)=O)CC2)ccc1F. The van der Waals surface area contributed by atoms with Crippen molar-refractivity contribution in [3.63, 3.8) is 0 Å². The summed E-state index contributed by atoms with van der Waals surface area (Å²) in [5.41, 5.74) is 1.11. The highest BCUT2D eigenvalue weighted by molar-refractivity contribution is 7.87. The largest absolute Gasteiger partial charge is 0.494 e. The van der Waals surface area contributed by atoms with E-state index in [9.17, 15) is 18.0 Å². The summed E-state index contributed by atoms with van der Waals surface area (Å²) in [6.45, 7) is 0.310. The fourth-order valence-corrected chi connectivity index (χ4v) is 4.05. The summed E-state index contributed by atoms with van der Waals surface area (Å²) in [5, 5.41) is 28.8. The van der Waals surface area contributed by atoms with E-state index in [4.69, 9.17) is 14.5 Å². The maximum Gasteiger partial charge on any atom is 0.274 e. The van der Waals surface area contributed by atoms with E-state index in [1.807, 2.05) is 0 Å². The Morgan fingerprint density at radius 1 is 1.35 bits per heavy atom. The van der Waals surface area contributed by atoms with Crippen molar-refractivity contribution in [3.8, 4) is 5.75 Å². The highest BCUT2D eigenvalue weighted by Gasteiger charge is 2.25. The molecule has 1 saturated carbocycles. The van der Waals surface area contributed by atoms with Crippen LogP contribution in [0.5, 0.6) is 5.75 Å². The number of hydrogen-bond donors (Lipinski definition) is 4. The number of methoxy groups -OCH3 is 1. The van der Waals surface area contributed by atoms with Crippen molar-refractivity contribution in [2.24, 2.45) is 16.2 Å². The van der Waals surface area contributed by atoms with E-state index < -0.39 is 16.0 Å². The van der Waals surface area contributed by atoms with E-state index in [-0.39, 0.29) is 35.5 Å². The van der Waals surface area contributed by atoms with Crippen LogP contribution in [0, 0.1) is 11.7 Å². The highest BCUT2D eigenvalue weighted by Crippen LogP contribution is 2.27. The first-order valence-electron chi connectivity index (χ1n) is 9.69. The fourth-order valence-electron chi connectivity index (χ4n) is 3.58. The second kappa shape index (κ2) is 10.0. The van der Waals surface area contributed by atoms with Crippen LogP contribution in [-0.4, -0.2) is 49.3 Å². The van der Waals surface area contributed by atoms with Crippen molar-refractivity contribution in [2.75, 3.05) is 19.0 Å². The molecule has 13 heteroatoms. The summed E-state index contributed by atoms with van der Waals surface area (Å²) in [7, 11) is -2.32. The maximum absolute atomic E-state index is 13.6. The number of anilines is 1. The lowest BCUT2D eigenvalue weighted by Gasteiger charge is -2.29. The molecule has 170 valence electrons. The van der Waals surface area contributed by atoms with Crippen LogP contribution in [0.25, 0.3) is 0 Å². The van der Waals surface area contributed by atoms with Gasteiger partial charge in [-0.05, 0) is 59.6 Å². The molecule has 0 atom stereocenters. The van der Waals surface area contributed by atoms with Crippen molar-refractivity contribution in [3.05, 3.63) is 35.3 Å². The predicted molar refractivity (Wildman–Crippen MR) is 110 cm³/mol. The zero-order chi connectivity index (χ0) is 22.4. The molecule has 1 aromatic carbocycles. The molecule has 31 heavy (non-hydrogen) atoms. The second-order valence-corrected chi connectivity index (χ2v) is 8.79. The number of oxime groups is 1. The van der Waals surface area contributed by atoms with Crippen LogP contribution in [0.15, 0.2) is 28.0 Å². The molecular formula is C18H25FN6O5S. The summed E-state index contributed by atoms with van der Waals surface area (Å²) in [5.74, 6) is 0.136. The van der Waals surface area contributed by atoms with Crippen LogP contribution < -0.4 is 19.9 Å². The lowest BCUT2D eigenvalue weighted by Crippen LogP contribution is -2.37. The molecule has 0 spiro atoms. The van der Waals surface area contributed by atoms with Gasteiger partial charge < -0.3 is 15.3 Å². The molecular weight excluding hydrogens is 431 g/mol. The monoisotopic (exact) mass is 456 g/mol. The molecule has 3 rings (SSSR count). The number of aromatic nitrogens is 2. The summed E-state index contributed by atoms with van der Waals surface area (Å²) in [6.07, 6.45) is 3.32. The Labute approximate surface area is 179 Å². The number of nitrogens with one attached hydrogen (secondary N) is 2. The number of halogens is 1. The van der Waals surface area contributed by atoms with E-state index in [1.165, 1.54) is 19.2 Å². The second-order valence-electron chi connectivity index (χ2n) is 7.41. The number of nitrogens with two attached hydrogens (primary N) is 1. The summed E-state index contributed by atoms with van der Waals surface area (Å²) >= 11 is 0. The molecule has 0 saturated heterocycles. The number of nitrogens with zero attached hydrogens (tertiary/aromatic N) is 3. The molecule has 11 nitrogen and oxygen atoms in total. The van der Waals surface area contributed by atoms with E-state index >= 15 is 0 Å². The van der Waals surface area contributed by atoms with Gasteiger partial charge >= 0.3 is 0 Å². The normalized spacial score (nSPS) is 19.9. The molecule has 1 heterocycles. The molecule has 1 aliphatic carbocycles. The van der Waals surface area contributed by atoms with Gasteiger partial charge in [0.15, 0.2) is 17.3 Å². The van der Waals surface area contributed by atoms with Crippen LogP contribution >= 0.6 is 0 Å². The van der Waals surface area contributed by atoms with Gasteiger partial charge in [-0.25, -0.2) is 18.9 Å². The number of rotatable bonds is 9. The van der Waals surface area contributed by atoms with Gasteiger partial charge in [-0.2, -0.15) is 8.42 Å². The Bertz CT molecular complexity index is 1020. The molecule has 0 radical (unpaired) electrons. The van der Waals surface area contributed by atoms with Crippen molar-refractivity contribution < 1.29 is 27.4 Å². The Kier molecular flexibility index (Phi) is 7.41. The summed E-state index contributed by atoms with van der Waals surface area (Å²) < 4.78 is 47.9. The number of benzene rings is 1. The standard InChI is InChI=1S/C18H25FN6O5S/c1-29-16-9-12(4-7-14(16)19)8-15(23-26)17-18(25-30-24-17)22-13-5-2-11(3-6-13)10-21-31(20,27)28/h4,7,9,11,13,21,26H,2-3,5-6,8,10H2,1H3,(H,22,25)(H2,20,27,28). The van der Waals surface area contributed by atoms with Crippen molar-refractivity contribution >= 4 is 21.7 Å². The molecule has 0 aliphatic heterocycles. The topological polar surface area (TPSA) is 165 Å². The van der Waals surface area contributed by atoms with Crippen LogP contribution in [0.1, 0.15) is 36.9 Å². The molecule has 1 aliphatic rings. The fraction of sp³-hybridized carbons (Fsp3) is 0.500. The summed E-state index contributed by atoms with van der Waals surface area (Å²) in [6, 6.07) is 4.41. The molecule has 2 aromatic rings.